The van der Waals surface area contributed by atoms with E-state index in [0.717, 1.165) is 35.5 Å². The van der Waals surface area contributed by atoms with Gasteiger partial charge in [-0.2, -0.15) is 0 Å². The number of benzene rings is 2. The van der Waals surface area contributed by atoms with E-state index in [2.05, 4.69) is 5.32 Å². The zero-order valence-electron chi connectivity index (χ0n) is 12.2. The van der Waals surface area contributed by atoms with Crippen molar-refractivity contribution >= 4 is 21.4 Å². The lowest BCUT2D eigenvalue weighted by Gasteiger charge is -2.40. The molecule has 0 spiro atoms. The molecule has 2 aliphatic rings. The SMILES string of the molecule is Cc1ccc(S(=O)(=O)N2C3=C(CC3)Nc3ccccc32)cc1. The first-order chi connectivity index (χ1) is 10.6. The molecule has 0 aromatic heterocycles. The number of sulfonamides is 1. The number of para-hydroxylation sites is 2. The van der Waals surface area contributed by atoms with E-state index in [4.69, 9.17) is 0 Å². The number of rotatable bonds is 2. The van der Waals surface area contributed by atoms with E-state index in [-0.39, 0.29) is 0 Å². The largest absolute Gasteiger partial charge is 0.356 e. The molecule has 0 saturated carbocycles. The van der Waals surface area contributed by atoms with Gasteiger partial charge in [0.25, 0.3) is 10.0 Å². The highest BCUT2D eigenvalue weighted by Crippen LogP contribution is 2.45. The van der Waals surface area contributed by atoms with Crippen molar-refractivity contribution < 1.29 is 8.42 Å². The molecule has 1 aliphatic carbocycles. The molecule has 0 atom stereocenters. The molecule has 4 rings (SSSR count). The molecule has 0 radical (unpaired) electrons. The molecule has 112 valence electrons. The molecular weight excluding hydrogens is 296 g/mol. The number of aryl methyl sites for hydroxylation is 1. The summed E-state index contributed by atoms with van der Waals surface area (Å²) in [6.45, 7) is 1.95. The second-order valence-corrected chi connectivity index (χ2v) is 7.44. The number of nitrogens with zero attached hydrogens (tertiary/aromatic N) is 1. The summed E-state index contributed by atoms with van der Waals surface area (Å²) < 4.78 is 27.7. The van der Waals surface area contributed by atoms with Crippen molar-refractivity contribution in [3.63, 3.8) is 0 Å². The lowest BCUT2D eigenvalue weighted by atomic mass is 9.97. The quantitative estimate of drug-likeness (QED) is 0.921. The van der Waals surface area contributed by atoms with E-state index in [1.807, 2.05) is 43.3 Å². The predicted molar refractivity (Wildman–Crippen MR) is 87.2 cm³/mol. The summed E-state index contributed by atoms with van der Waals surface area (Å²) in [4.78, 5) is 0.327. The molecule has 2 aromatic carbocycles. The van der Waals surface area contributed by atoms with Crippen LogP contribution >= 0.6 is 0 Å². The monoisotopic (exact) mass is 312 g/mol. The van der Waals surface area contributed by atoms with E-state index in [1.165, 1.54) is 4.31 Å². The van der Waals surface area contributed by atoms with E-state index in [9.17, 15) is 8.42 Å². The minimum absolute atomic E-state index is 0.327. The molecule has 2 aromatic rings. The molecule has 0 fully saturated rings. The highest BCUT2D eigenvalue weighted by atomic mass is 32.2. The van der Waals surface area contributed by atoms with Gasteiger partial charge < -0.3 is 5.32 Å². The Labute approximate surface area is 130 Å². The summed E-state index contributed by atoms with van der Waals surface area (Å²) in [7, 11) is -3.59. The van der Waals surface area contributed by atoms with Gasteiger partial charge in [0.05, 0.1) is 22.0 Å². The molecule has 0 unspecified atom stereocenters. The number of allylic oxidation sites excluding steroid dienone is 2. The highest BCUT2D eigenvalue weighted by Gasteiger charge is 2.38. The molecule has 1 heterocycles. The smallest absolute Gasteiger partial charge is 0.268 e. The fraction of sp³-hybridized carbons (Fsp3) is 0.176. The summed E-state index contributed by atoms with van der Waals surface area (Å²) in [6, 6.07) is 14.5. The second-order valence-electron chi connectivity index (χ2n) is 5.65. The summed E-state index contributed by atoms with van der Waals surface area (Å²) in [5.74, 6) is 0. The lowest BCUT2D eigenvalue weighted by Crippen LogP contribution is -2.38. The van der Waals surface area contributed by atoms with Crippen LogP contribution in [0, 0.1) is 6.92 Å². The fourth-order valence-electron chi connectivity index (χ4n) is 2.88. The lowest BCUT2D eigenvalue weighted by molar-refractivity contribution is 0.590. The Kier molecular flexibility index (Phi) is 2.81. The Bertz CT molecular complexity index is 883. The molecular formula is C17H16N2O2S. The molecule has 5 heteroatoms. The van der Waals surface area contributed by atoms with Gasteiger partial charge in [-0.25, -0.2) is 12.7 Å². The van der Waals surface area contributed by atoms with E-state index in [0.29, 0.717) is 10.6 Å². The maximum Gasteiger partial charge on any atom is 0.268 e. The summed E-state index contributed by atoms with van der Waals surface area (Å²) in [5, 5.41) is 3.33. The number of nitrogens with one attached hydrogen (secondary N) is 1. The Morgan fingerprint density at radius 1 is 1.00 bits per heavy atom. The molecule has 4 nitrogen and oxygen atoms in total. The van der Waals surface area contributed by atoms with Crippen LogP contribution in [-0.4, -0.2) is 8.42 Å². The van der Waals surface area contributed by atoms with Crippen LogP contribution in [0.15, 0.2) is 64.8 Å². The average Bonchev–Trinajstić information content (AvgIpc) is 2.49. The van der Waals surface area contributed by atoms with Gasteiger partial charge in [0.15, 0.2) is 0 Å². The molecule has 0 saturated heterocycles. The van der Waals surface area contributed by atoms with Crippen LogP contribution < -0.4 is 9.62 Å². The summed E-state index contributed by atoms with van der Waals surface area (Å²) in [5.41, 5.74) is 4.45. The third-order valence-electron chi connectivity index (χ3n) is 4.17. The van der Waals surface area contributed by atoms with Gasteiger partial charge in [0.2, 0.25) is 0 Å². The Balaban J connectivity index is 1.89. The second kappa shape index (κ2) is 4.61. The molecule has 22 heavy (non-hydrogen) atoms. The van der Waals surface area contributed by atoms with Crippen LogP contribution in [0.3, 0.4) is 0 Å². The standard InChI is InChI=1S/C17H16N2O2S/c1-12-6-8-13(9-7-12)22(20,21)19-16-5-3-2-4-14(16)18-15-10-11-17(15)19/h2-9,18H,10-11H2,1H3. The van der Waals surface area contributed by atoms with Crippen LogP contribution in [-0.2, 0) is 10.0 Å². The maximum atomic E-state index is 13.1. The van der Waals surface area contributed by atoms with Crippen molar-refractivity contribution in [3.05, 3.63) is 65.5 Å². The van der Waals surface area contributed by atoms with Crippen LogP contribution in [0.5, 0.6) is 0 Å². The normalized spacial score (nSPS) is 16.5. The van der Waals surface area contributed by atoms with Gasteiger partial charge in [-0.05, 0) is 44.0 Å². The zero-order chi connectivity index (χ0) is 15.3. The molecule has 0 amide bonds. The van der Waals surface area contributed by atoms with E-state index < -0.39 is 10.0 Å². The van der Waals surface area contributed by atoms with Gasteiger partial charge in [0.1, 0.15) is 0 Å². The van der Waals surface area contributed by atoms with Gasteiger partial charge in [-0.15, -0.1) is 0 Å². The third kappa shape index (κ3) is 1.85. The first-order valence-electron chi connectivity index (χ1n) is 7.27. The first kappa shape index (κ1) is 13.4. The minimum Gasteiger partial charge on any atom is -0.356 e. The number of hydrogen-bond acceptors (Lipinski definition) is 3. The number of anilines is 2. The minimum atomic E-state index is -3.59. The molecule has 1 aliphatic heterocycles. The predicted octanol–water partition coefficient (Wildman–Crippen LogP) is 3.62. The molecule has 1 N–H and O–H groups in total. The fourth-order valence-corrected chi connectivity index (χ4v) is 4.48. The molecule has 0 bridgehead atoms. The summed E-state index contributed by atoms with van der Waals surface area (Å²) in [6.07, 6.45) is 1.67. The van der Waals surface area contributed by atoms with Crippen LogP contribution in [0.4, 0.5) is 11.4 Å². The third-order valence-corrected chi connectivity index (χ3v) is 5.94. The number of hydrogen-bond donors (Lipinski definition) is 1. The van der Waals surface area contributed by atoms with Gasteiger partial charge in [0, 0.05) is 5.70 Å². The average molecular weight is 312 g/mol. The van der Waals surface area contributed by atoms with Gasteiger partial charge in [-0.1, -0.05) is 29.8 Å². The number of fused-ring (bicyclic) bond motifs is 1. The van der Waals surface area contributed by atoms with E-state index in [1.54, 1.807) is 12.1 Å². The van der Waals surface area contributed by atoms with Crippen molar-refractivity contribution in [1.82, 2.24) is 0 Å². The van der Waals surface area contributed by atoms with Crippen LogP contribution in [0.1, 0.15) is 18.4 Å². The van der Waals surface area contributed by atoms with Crippen molar-refractivity contribution in [2.45, 2.75) is 24.7 Å². The maximum absolute atomic E-state index is 13.1. The Morgan fingerprint density at radius 3 is 2.41 bits per heavy atom. The van der Waals surface area contributed by atoms with Gasteiger partial charge >= 0.3 is 0 Å². The van der Waals surface area contributed by atoms with E-state index >= 15 is 0 Å². The Morgan fingerprint density at radius 2 is 1.73 bits per heavy atom. The Hall–Kier alpha value is -2.27. The van der Waals surface area contributed by atoms with Crippen LogP contribution in [0.25, 0.3) is 0 Å². The zero-order valence-corrected chi connectivity index (χ0v) is 13.0. The van der Waals surface area contributed by atoms with Crippen molar-refractivity contribution in [2.24, 2.45) is 0 Å². The van der Waals surface area contributed by atoms with Crippen molar-refractivity contribution in [3.8, 4) is 0 Å². The van der Waals surface area contributed by atoms with Crippen molar-refractivity contribution in [2.75, 3.05) is 9.62 Å². The highest BCUT2D eigenvalue weighted by molar-refractivity contribution is 7.93. The van der Waals surface area contributed by atoms with Crippen LogP contribution in [0.2, 0.25) is 0 Å². The first-order valence-corrected chi connectivity index (χ1v) is 8.71. The van der Waals surface area contributed by atoms with Gasteiger partial charge in [-0.3, -0.25) is 0 Å². The topological polar surface area (TPSA) is 49.4 Å². The van der Waals surface area contributed by atoms with Crippen molar-refractivity contribution in [1.29, 1.82) is 0 Å². The summed E-state index contributed by atoms with van der Waals surface area (Å²) >= 11 is 0.